The highest BCUT2D eigenvalue weighted by molar-refractivity contribution is 5.93. The molecule has 150 valence electrons. The number of benzene rings is 1. The second-order valence-electron chi connectivity index (χ2n) is 7.61. The topological polar surface area (TPSA) is 55.2 Å². The van der Waals surface area contributed by atoms with Gasteiger partial charge in [0.1, 0.15) is 12.0 Å². The number of likely N-dealkylation sites (tertiary alicyclic amines) is 1. The van der Waals surface area contributed by atoms with Crippen LogP contribution in [0.15, 0.2) is 47.3 Å². The van der Waals surface area contributed by atoms with Gasteiger partial charge in [0.25, 0.3) is 5.91 Å². The number of rotatable bonds is 6. The SMILES string of the molecule is O=C(c1ccoc1)N1CCC[C@H](COc2ccc(CN3CCOCC3)cc2)C1. The number of furan rings is 1. The molecule has 0 aliphatic carbocycles. The van der Waals surface area contributed by atoms with E-state index in [0.29, 0.717) is 18.1 Å². The Bertz CT molecular complexity index is 738. The van der Waals surface area contributed by atoms with Crippen LogP contribution in [-0.4, -0.2) is 61.7 Å². The summed E-state index contributed by atoms with van der Waals surface area (Å²) in [5, 5.41) is 0. The highest BCUT2D eigenvalue weighted by Crippen LogP contribution is 2.21. The Labute approximate surface area is 166 Å². The fourth-order valence-corrected chi connectivity index (χ4v) is 3.88. The molecule has 4 rings (SSSR count). The molecular weight excluding hydrogens is 356 g/mol. The number of morpholine rings is 1. The van der Waals surface area contributed by atoms with Gasteiger partial charge in [-0.3, -0.25) is 9.69 Å². The third-order valence-corrected chi connectivity index (χ3v) is 5.49. The minimum Gasteiger partial charge on any atom is -0.493 e. The van der Waals surface area contributed by atoms with E-state index in [2.05, 4.69) is 17.0 Å². The number of ether oxygens (including phenoxy) is 2. The molecule has 1 aromatic heterocycles. The molecule has 6 heteroatoms. The number of nitrogens with zero attached hydrogens (tertiary/aromatic N) is 2. The molecule has 0 unspecified atom stereocenters. The Hall–Kier alpha value is -2.31. The normalized spacial score (nSPS) is 20.9. The van der Waals surface area contributed by atoms with Gasteiger partial charge in [-0.25, -0.2) is 0 Å². The van der Waals surface area contributed by atoms with Crippen molar-refractivity contribution >= 4 is 5.91 Å². The van der Waals surface area contributed by atoms with Crippen molar-refractivity contribution < 1.29 is 18.7 Å². The number of hydrogen-bond donors (Lipinski definition) is 0. The molecule has 1 amide bonds. The summed E-state index contributed by atoms with van der Waals surface area (Å²) in [6.45, 7) is 6.76. The Morgan fingerprint density at radius 3 is 2.68 bits per heavy atom. The van der Waals surface area contributed by atoms with Crippen LogP contribution in [0.25, 0.3) is 0 Å². The molecule has 2 aliphatic rings. The third kappa shape index (κ3) is 4.94. The summed E-state index contributed by atoms with van der Waals surface area (Å²) < 4.78 is 16.5. The maximum Gasteiger partial charge on any atom is 0.257 e. The van der Waals surface area contributed by atoms with Gasteiger partial charge in [0, 0.05) is 38.6 Å². The average molecular weight is 384 g/mol. The van der Waals surface area contributed by atoms with Crippen LogP contribution in [0, 0.1) is 5.92 Å². The molecule has 6 nitrogen and oxygen atoms in total. The fraction of sp³-hybridized carbons (Fsp3) is 0.500. The summed E-state index contributed by atoms with van der Waals surface area (Å²) in [7, 11) is 0. The van der Waals surface area contributed by atoms with Crippen molar-refractivity contribution in [2.75, 3.05) is 46.0 Å². The molecule has 2 saturated heterocycles. The van der Waals surface area contributed by atoms with E-state index in [1.54, 1.807) is 12.3 Å². The fourth-order valence-electron chi connectivity index (χ4n) is 3.88. The third-order valence-electron chi connectivity index (χ3n) is 5.49. The summed E-state index contributed by atoms with van der Waals surface area (Å²) >= 11 is 0. The zero-order valence-corrected chi connectivity index (χ0v) is 16.2. The first kappa shape index (κ1) is 19.0. The molecule has 2 aromatic rings. The summed E-state index contributed by atoms with van der Waals surface area (Å²) in [5.41, 5.74) is 1.92. The van der Waals surface area contributed by atoms with Crippen molar-refractivity contribution in [2.24, 2.45) is 5.92 Å². The van der Waals surface area contributed by atoms with Crippen molar-refractivity contribution in [3.63, 3.8) is 0 Å². The molecule has 3 heterocycles. The van der Waals surface area contributed by atoms with Crippen molar-refractivity contribution in [1.82, 2.24) is 9.80 Å². The molecule has 1 aromatic carbocycles. The zero-order chi connectivity index (χ0) is 19.2. The lowest BCUT2D eigenvalue weighted by molar-refractivity contribution is 0.0342. The number of hydrogen-bond acceptors (Lipinski definition) is 5. The van der Waals surface area contributed by atoms with Crippen molar-refractivity contribution in [3.8, 4) is 5.75 Å². The average Bonchev–Trinajstić information content (AvgIpc) is 3.29. The van der Waals surface area contributed by atoms with E-state index < -0.39 is 0 Å². The molecule has 28 heavy (non-hydrogen) atoms. The van der Waals surface area contributed by atoms with Gasteiger partial charge in [0.05, 0.1) is 31.6 Å². The van der Waals surface area contributed by atoms with Crippen molar-refractivity contribution in [2.45, 2.75) is 19.4 Å². The van der Waals surface area contributed by atoms with E-state index in [-0.39, 0.29) is 5.91 Å². The first-order valence-corrected chi connectivity index (χ1v) is 10.1. The van der Waals surface area contributed by atoms with Gasteiger partial charge in [-0.1, -0.05) is 12.1 Å². The van der Waals surface area contributed by atoms with E-state index in [9.17, 15) is 4.79 Å². The van der Waals surface area contributed by atoms with Crippen molar-refractivity contribution in [3.05, 3.63) is 54.0 Å². The van der Waals surface area contributed by atoms with E-state index in [4.69, 9.17) is 13.9 Å². The van der Waals surface area contributed by atoms with Crippen LogP contribution in [-0.2, 0) is 11.3 Å². The lowest BCUT2D eigenvalue weighted by atomic mass is 9.98. The minimum atomic E-state index is 0.0471. The van der Waals surface area contributed by atoms with Crippen LogP contribution < -0.4 is 4.74 Å². The van der Waals surface area contributed by atoms with Crippen LogP contribution in [0.1, 0.15) is 28.8 Å². The second kappa shape index (κ2) is 9.26. The van der Waals surface area contributed by atoms with Gasteiger partial charge in [-0.05, 0) is 36.6 Å². The quantitative estimate of drug-likeness (QED) is 0.766. The van der Waals surface area contributed by atoms with Crippen LogP contribution in [0.5, 0.6) is 5.75 Å². The van der Waals surface area contributed by atoms with Gasteiger partial charge in [-0.15, -0.1) is 0 Å². The molecule has 0 spiro atoms. The van der Waals surface area contributed by atoms with Gasteiger partial charge < -0.3 is 18.8 Å². The molecular formula is C22H28N2O4. The first-order valence-electron chi connectivity index (χ1n) is 10.1. The van der Waals surface area contributed by atoms with E-state index in [0.717, 1.165) is 64.5 Å². The van der Waals surface area contributed by atoms with Crippen LogP contribution in [0.3, 0.4) is 0 Å². The molecule has 0 radical (unpaired) electrons. The number of carbonyl (C=O) groups is 1. The summed E-state index contributed by atoms with van der Waals surface area (Å²) in [6, 6.07) is 10.1. The monoisotopic (exact) mass is 384 g/mol. The molecule has 0 N–H and O–H groups in total. The Morgan fingerprint density at radius 1 is 1.11 bits per heavy atom. The van der Waals surface area contributed by atoms with Crippen LogP contribution in [0.4, 0.5) is 0 Å². The lowest BCUT2D eigenvalue weighted by Crippen LogP contribution is -2.41. The Kier molecular flexibility index (Phi) is 6.29. The molecule has 1 atom stereocenters. The predicted octanol–water partition coefficient (Wildman–Crippen LogP) is 3.04. The van der Waals surface area contributed by atoms with Crippen LogP contribution in [0.2, 0.25) is 0 Å². The molecule has 2 aliphatic heterocycles. The number of carbonyl (C=O) groups excluding carboxylic acids is 1. The highest BCUT2D eigenvalue weighted by Gasteiger charge is 2.25. The zero-order valence-electron chi connectivity index (χ0n) is 16.2. The Morgan fingerprint density at radius 2 is 1.93 bits per heavy atom. The van der Waals surface area contributed by atoms with Crippen LogP contribution >= 0.6 is 0 Å². The largest absolute Gasteiger partial charge is 0.493 e. The summed E-state index contributed by atoms with van der Waals surface area (Å²) in [4.78, 5) is 16.8. The van der Waals surface area contributed by atoms with Crippen molar-refractivity contribution in [1.29, 1.82) is 0 Å². The maximum atomic E-state index is 12.5. The van der Waals surface area contributed by atoms with Gasteiger partial charge in [0.2, 0.25) is 0 Å². The number of piperidine rings is 1. The van der Waals surface area contributed by atoms with E-state index >= 15 is 0 Å². The summed E-state index contributed by atoms with van der Waals surface area (Å²) in [5.74, 6) is 1.30. The smallest absolute Gasteiger partial charge is 0.257 e. The predicted molar refractivity (Wildman–Crippen MR) is 105 cm³/mol. The van der Waals surface area contributed by atoms with Gasteiger partial charge in [0.15, 0.2) is 0 Å². The highest BCUT2D eigenvalue weighted by atomic mass is 16.5. The standard InChI is InChI=1S/C22H28N2O4/c25-22(20-7-11-27-17-20)24-8-1-2-19(15-24)16-28-21-5-3-18(4-6-21)14-23-9-12-26-13-10-23/h3-7,11,17,19H,1-2,8-10,12-16H2/t19-/m0/s1. The van der Waals surface area contributed by atoms with Gasteiger partial charge >= 0.3 is 0 Å². The molecule has 0 bridgehead atoms. The Balaban J connectivity index is 1.25. The number of amides is 1. The molecule has 2 fully saturated rings. The lowest BCUT2D eigenvalue weighted by Gasteiger charge is -2.32. The van der Waals surface area contributed by atoms with Gasteiger partial charge in [-0.2, -0.15) is 0 Å². The van der Waals surface area contributed by atoms with E-state index in [1.807, 2.05) is 17.0 Å². The van der Waals surface area contributed by atoms with E-state index in [1.165, 1.54) is 11.8 Å². The molecule has 0 saturated carbocycles. The minimum absolute atomic E-state index is 0.0471. The summed E-state index contributed by atoms with van der Waals surface area (Å²) in [6.07, 6.45) is 5.15. The first-order chi connectivity index (χ1) is 13.8. The maximum absolute atomic E-state index is 12.5. The second-order valence-corrected chi connectivity index (χ2v) is 7.61.